The summed E-state index contributed by atoms with van der Waals surface area (Å²) in [6.07, 6.45) is 13.0. The number of carbonyl (C=O) groups is 1. The molecule has 8 heteroatoms. The van der Waals surface area contributed by atoms with Gasteiger partial charge >= 0.3 is 0 Å². The van der Waals surface area contributed by atoms with Gasteiger partial charge in [-0.2, -0.15) is 5.10 Å². The van der Waals surface area contributed by atoms with Crippen LogP contribution < -0.4 is 4.90 Å². The van der Waals surface area contributed by atoms with Gasteiger partial charge in [-0.05, 0) is 25.7 Å². The van der Waals surface area contributed by atoms with Crippen molar-refractivity contribution in [2.75, 3.05) is 31.1 Å². The molecule has 8 nitrogen and oxygen atoms in total. The van der Waals surface area contributed by atoms with E-state index in [0.717, 1.165) is 37.3 Å². The molecule has 0 aromatic carbocycles. The first-order valence-corrected chi connectivity index (χ1v) is 9.46. The normalized spacial score (nSPS) is 17.2. The Morgan fingerprint density at radius 2 is 1.81 bits per heavy atom. The van der Waals surface area contributed by atoms with Gasteiger partial charge in [-0.25, -0.2) is 14.5 Å². The molecule has 0 unspecified atom stereocenters. The van der Waals surface area contributed by atoms with Crippen molar-refractivity contribution >= 4 is 17.2 Å². The third-order valence-electron chi connectivity index (χ3n) is 5.45. The highest BCUT2D eigenvalue weighted by Crippen LogP contribution is 2.30. The van der Waals surface area contributed by atoms with Gasteiger partial charge in [0.25, 0.3) is 5.91 Å². The van der Waals surface area contributed by atoms with E-state index in [2.05, 4.69) is 19.9 Å². The molecule has 1 aliphatic heterocycles. The molecule has 3 aromatic rings. The summed E-state index contributed by atoms with van der Waals surface area (Å²) in [5, 5.41) is 4.76. The average molecular weight is 363 g/mol. The van der Waals surface area contributed by atoms with E-state index in [4.69, 9.17) is 5.10 Å². The molecule has 0 N–H and O–H groups in total. The number of anilines is 1. The Balaban J connectivity index is 1.38. The van der Waals surface area contributed by atoms with Crippen molar-refractivity contribution in [1.29, 1.82) is 0 Å². The zero-order valence-electron chi connectivity index (χ0n) is 15.1. The average Bonchev–Trinajstić information content (AvgIpc) is 3.13. The molecular weight excluding hydrogens is 342 g/mol. The van der Waals surface area contributed by atoms with E-state index < -0.39 is 0 Å². The summed E-state index contributed by atoms with van der Waals surface area (Å²) in [5.74, 6) is 0.926. The van der Waals surface area contributed by atoms with Gasteiger partial charge in [-0.15, -0.1) is 0 Å². The van der Waals surface area contributed by atoms with Crippen LogP contribution in [0, 0.1) is 0 Å². The van der Waals surface area contributed by atoms with Crippen molar-refractivity contribution in [3.63, 3.8) is 0 Å². The Morgan fingerprint density at radius 3 is 2.63 bits per heavy atom. The predicted molar refractivity (Wildman–Crippen MR) is 99.8 cm³/mol. The van der Waals surface area contributed by atoms with Crippen LogP contribution in [0.1, 0.15) is 34.6 Å². The molecule has 138 valence electrons. The number of hydrogen-bond acceptors (Lipinski definition) is 6. The molecular formula is C19H21N7O. The molecule has 1 amide bonds. The van der Waals surface area contributed by atoms with Crippen molar-refractivity contribution in [1.82, 2.24) is 29.5 Å². The largest absolute Gasteiger partial charge is 0.351 e. The zero-order valence-corrected chi connectivity index (χ0v) is 15.1. The van der Waals surface area contributed by atoms with Crippen molar-refractivity contribution in [3.05, 3.63) is 47.9 Å². The summed E-state index contributed by atoms with van der Waals surface area (Å²) < 4.78 is 1.98. The lowest BCUT2D eigenvalue weighted by Gasteiger charge is -2.35. The van der Waals surface area contributed by atoms with Crippen molar-refractivity contribution < 1.29 is 4.79 Å². The summed E-state index contributed by atoms with van der Waals surface area (Å²) in [4.78, 5) is 29.5. The SMILES string of the molecule is O=C(c1cnccn1)N1CCN(c2nccn3nc4c(c23)CCCC4)CC1. The number of carbonyl (C=O) groups excluding carboxylic acids is 1. The lowest BCUT2D eigenvalue weighted by Crippen LogP contribution is -2.49. The molecule has 0 spiro atoms. The van der Waals surface area contributed by atoms with Crippen molar-refractivity contribution in [3.8, 4) is 0 Å². The van der Waals surface area contributed by atoms with Crippen LogP contribution >= 0.6 is 0 Å². The third-order valence-corrected chi connectivity index (χ3v) is 5.45. The van der Waals surface area contributed by atoms with Crippen LogP contribution in [0.25, 0.3) is 5.52 Å². The second kappa shape index (κ2) is 6.61. The first-order valence-electron chi connectivity index (χ1n) is 9.46. The summed E-state index contributed by atoms with van der Waals surface area (Å²) >= 11 is 0. The summed E-state index contributed by atoms with van der Waals surface area (Å²) in [7, 11) is 0. The van der Waals surface area contributed by atoms with Crippen molar-refractivity contribution in [2.24, 2.45) is 0 Å². The standard InChI is InChI=1S/C19H21N7O/c27-19(16-13-20-5-6-21-16)25-11-9-24(10-12-25)18-17-14-3-1-2-4-15(14)23-26(17)8-7-22-18/h5-8,13H,1-4,9-12H2. The minimum atomic E-state index is -0.0596. The quantitative estimate of drug-likeness (QED) is 0.684. The predicted octanol–water partition coefficient (Wildman–Crippen LogP) is 1.36. The number of hydrogen-bond donors (Lipinski definition) is 0. The number of fused-ring (bicyclic) bond motifs is 3. The van der Waals surface area contributed by atoms with Crippen molar-refractivity contribution in [2.45, 2.75) is 25.7 Å². The second-order valence-electron chi connectivity index (χ2n) is 7.05. The Bertz CT molecular complexity index is 976. The van der Waals surface area contributed by atoms with Crippen LogP contribution in [0.3, 0.4) is 0 Å². The van der Waals surface area contributed by atoms with E-state index in [-0.39, 0.29) is 5.91 Å². The molecule has 1 aliphatic carbocycles. The van der Waals surface area contributed by atoms with Gasteiger partial charge < -0.3 is 9.80 Å². The van der Waals surface area contributed by atoms with Gasteiger partial charge in [0.15, 0.2) is 5.82 Å². The van der Waals surface area contributed by atoms with E-state index in [1.165, 1.54) is 30.3 Å². The number of amides is 1. The van der Waals surface area contributed by atoms with Crippen LogP contribution in [-0.4, -0.2) is 61.6 Å². The molecule has 3 aromatic heterocycles. The smallest absolute Gasteiger partial charge is 0.274 e. The number of aryl methyl sites for hydroxylation is 2. The maximum absolute atomic E-state index is 12.6. The summed E-state index contributed by atoms with van der Waals surface area (Å²) in [6, 6.07) is 0. The van der Waals surface area contributed by atoms with E-state index in [1.807, 2.05) is 21.8 Å². The highest BCUT2D eigenvalue weighted by Gasteiger charge is 2.27. The van der Waals surface area contributed by atoms with Gasteiger partial charge in [0.05, 0.1) is 11.9 Å². The highest BCUT2D eigenvalue weighted by molar-refractivity contribution is 5.92. The molecule has 1 saturated heterocycles. The fraction of sp³-hybridized carbons (Fsp3) is 0.421. The van der Waals surface area contributed by atoms with Crippen LogP contribution in [0.5, 0.6) is 0 Å². The van der Waals surface area contributed by atoms with Crippen LogP contribution in [0.4, 0.5) is 5.82 Å². The Labute approximate surface area is 156 Å². The Kier molecular flexibility index (Phi) is 3.95. The van der Waals surface area contributed by atoms with E-state index in [1.54, 1.807) is 12.4 Å². The van der Waals surface area contributed by atoms with Gasteiger partial charge in [-0.3, -0.25) is 9.78 Å². The van der Waals surface area contributed by atoms with Gasteiger partial charge in [-0.1, -0.05) is 0 Å². The lowest BCUT2D eigenvalue weighted by molar-refractivity contribution is 0.0740. The number of piperazine rings is 1. The fourth-order valence-corrected chi connectivity index (χ4v) is 4.07. The molecule has 5 rings (SSSR count). The molecule has 0 atom stereocenters. The minimum absolute atomic E-state index is 0.0596. The topological polar surface area (TPSA) is 79.5 Å². The Hall–Kier alpha value is -3.03. The van der Waals surface area contributed by atoms with Crippen LogP contribution in [0.15, 0.2) is 31.0 Å². The lowest BCUT2D eigenvalue weighted by atomic mass is 9.97. The summed E-state index contributed by atoms with van der Waals surface area (Å²) in [6.45, 7) is 2.79. The summed E-state index contributed by atoms with van der Waals surface area (Å²) in [5.41, 5.74) is 4.10. The minimum Gasteiger partial charge on any atom is -0.351 e. The van der Waals surface area contributed by atoms with Crippen LogP contribution in [0.2, 0.25) is 0 Å². The molecule has 0 radical (unpaired) electrons. The number of rotatable bonds is 2. The van der Waals surface area contributed by atoms with Gasteiger partial charge in [0.2, 0.25) is 0 Å². The molecule has 0 saturated carbocycles. The maximum Gasteiger partial charge on any atom is 0.274 e. The van der Waals surface area contributed by atoms with Gasteiger partial charge in [0.1, 0.15) is 11.2 Å². The van der Waals surface area contributed by atoms with E-state index in [0.29, 0.717) is 18.8 Å². The molecule has 4 heterocycles. The molecule has 0 bridgehead atoms. The van der Waals surface area contributed by atoms with E-state index in [9.17, 15) is 4.79 Å². The second-order valence-corrected chi connectivity index (χ2v) is 7.05. The Morgan fingerprint density at radius 1 is 0.963 bits per heavy atom. The zero-order chi connectivity index (χ0) is 18.2. The number of nitrogens with zero attached hydrogens (tertiary/aromatic N) is 7. The molecule has 1 fully saturated rings. The number of aromatic nitrogens is 5. The first-order chi connectivity index (χ1) is 13.3. The molecule has 2 aliphatic rings. The fourth-order valence-electron chi connectivity index (χ4n) is 4.07. The molecule has 27 heavy (non-hydrogen) atoms. The van der Waals surface area contributed by atoms with E-state index >= 15 is 0 Å². The van der Waals surface area contributed by atoms with Gasteiger partial charge in [0, 0.05) is 56.5 Å². The highest BCUT2D eigenvalue weighted by atomic mass is 16.2. The maximum atomic E-state index is 12.6. The third kappa shape index (κ3) is 2.81. The van der Waals surface area contributed by atoms with Crippen LogP contribution in [-0.2, 0) is 12.8 Å². The monoisotopic (exact) mass is 363 g/mol. The first kappa shape index (κ1) is 16.2.